The molecule has 0 radical (unpaired) electrons. The van der Waals surface area contributed by atoms with Gasteiger partial charge in [-0.2, -0.15) is 0 Å². The van der Waals surface area contributed by atoms with Crippen molar-refractivity contribution in [2.24, 2.45) is 0 Å². The van der Waals surface area contributed by atoms with Gasteiger partial charge in [-0.1, -0.05) is 47.1 Å². The molecule has 0 N–H and O–H groups in total. The van der Waals surface area contributed by atoms with Crippen LogP contribution in [0.1, 0.15) is 24.0 Å². The maximum Gasteiger partial charge on any atom is 0.0159 e. The Bertz CT molecular complexity index is 324. The lowest BCUT2D eigenvalue weighted by Gasteiger charge is -2.34. The van der Waals surface area contributed by atoms with E-state index in [-0.39, 0.29) is 0 Å². The normalized spacial score (nSPS) is 18.7. The van der Waals surface area contributed by atoms with E-state index in [9.17, 15) is 0 Å². The van der Waals surface area contributed by atoms with Gasteiger partial charge in [0.1, 0.15) is 0 Å². The molecule has 1 atom stereocenters. The predicted molar refractivity (Wildman–Crippen MR) is 68.8 cm³/mol. The lowest BCUT2D eigenvalue weighted by molar-refractivity contribution is 0.275. The smallest absolute Gasteiger partial charge is 0.0159 e. The number of benzene rings is 1. The molecule has 0 amide bonds. The Morgan fingerprint density at radius 2 is 2.20 bits per heavy atom. The van der Waals surface area contributed by atoms with E-state index in [1.807, 2.05) is 0 Å². The molecule has 0 aromatic heterocycles. The van der Waals surface area contributed by atoms with Crippen molar-refractivity contribution in [2.75, 3.05) is 25.0 Å². The standard InChI is InChI=1S/C13H18BrN/c1-2-15(8-7-14)10-12-9-11-5-3-4-6-13(11)12/h3-6,12H,2,7-10H2,1H3. The minimum atomic E-state index is 0.778. The van der Waals surface area contributed by atoms with Crippen LogP contribution >= 0.6 is 15.9 Å². The molecule has 15 heavy (non-hydrogen) atoms. The summed E-state index contributed by atoms with van der Waals surface area (Å²) in [5.41, 5.74) is 3.13. The Hall–Kier alpha value is -0.340. The third-order valence-electron chi connectivity index (χ3n) is 3.29. The summed E-state index contributed by atoms with van der Waals surface area (Å²) < 4.78 is 0. The molecule has 1 unspecified atom stereocenters. The van der Waals surface area contributed by atoms with Crippen LogP contribution in [0.2, 0.25) is 0 Å². The average Bonchev–Trinajstić information content (AvgIpc) is 2.24. The van der Waals surface area contributed by atoms with Gasteiger partial charge in [0.15, 0.2) is 0 Å². The first-order chi connectivity index (χ1) is 7.35. The first-order valence-corrected chi connectivity index (χ1v) is 6.83. The summed E-state index contributed by atoms with van der Waals surface area (Å²) in [7, 11) is 0. The Balaban J connectivity index is 1.93. The summed E-state index contributed by atoms with van der Waals surface area (Å²) in [6, 6.07) is 8.84. The highest BCUT2D eigenvalue weighted by Gasteiger charge is 2.26. The second kappa shape index (κ2) is 5.13. The molecule has 1 nitrogen and oxygen atoms in total. The fraction of sp³-hybridized carbons (Fsp3) is 0.538. The molecule has 0 fully saturated rings. The highest BCUT2D eigenvalue weighted by molar-refractivity contribution is 9.09. The molecule has 0 saturated heterocycles. The Labute approximate surface area is 101 Å². The lowest BCUT2D eigenvalue weighted by atomic mass is 9.77. The van der Waals surface area contributed by atoms with E-state index in [1.165, 1.54) is 13.0 Å². The molecule has 82 valence electrons. The monoisotopic (exact) mass is 267 g/mol. The zero-order chi connectivity index (χ0) is 10.7. The van der Waals surface area contributed by atoms with E-state index >= 15 is 0 Å². The third kappa shape index (κ3) is 2.43. The second-order valence-electron chi connectivity index (χ2n) is 4.18. The van der Waals surface area contributed by atoms with Crippen LogP contribution in [0, 0.1) is 0 Å². The van der Waals surface area contributed by atoms with Crippen LogP contribution in [0.4, 0.5) is 0 Å². The molecule has 2 rings (SSSR count). The van der Waals surface area contributed by atoms with Crippen molar-refractivity contribution >= 4 is 15.9 Å². The number of likely N-dealkylation sites (N-methyl/N-ethyl adjacent to an activating group) is 1. The van der Waals surface area contributed by atoms with E-state index in [1.54, 1.807) is 11.1 Å². The molecular formula is C13H18BrN. The van der Waals surface area contributed by atoms with Crippen LogP contribution in [0.25, 0.3) is 0 Å². The van der Waals surface area contributed by atoms with E-state index < -0.39 is 0 Å². The Morgan fingerprint density at radius 3 is 2.87 bits per heavy atom. The zero-order valence-electron chi connectivity index (χ0n) is 9.25. The van der Waals surface area contributed by atoms with E-state index in [2.05, 4.69) is 52.0 Å². The highest BCUT2D eigenvalue weighted by atomic mass is 79.9. The molecule has 2 heteroatoms. The van der Waals surface area contributed by atoms with Gasteiger partial charge in [0.25, 0.3) is 0 Å². The summed E-state index contributed by atoms with van der Waals surface area (Å²) in [5, 5.41) is 1.08. The molecule has 1 aliphatic rings. The number of halogens is 1. The minimum absolute atomic E-state index is 0.778. The zero-order valence-corrected chi connectivity index (χ0v) is 10.8. The Kier molecular flexibility index (Phi) is 3.81. The number of hydrogen-bond donors (Lipinski definition) is 0. The van der Waals surface area contributed by atoms with Gasteiger partial charge in [0.2, 0.25) is 0 Å². The minimum Gasteiger partial charge on any atom is -0.302 e. The number of rotatable bonds is 5. The lowest BCUT2D eigenvalue weighted by Crippen LogP contribution is -2.34. The molecule has 0 bridgehead atoms. The van der Waals surface area contributed by atoms with Gasteiger partial charge < -0.3 is 4.90 Å². The SMILES string of the molecule is CCN(CCBr)CC1Cc2ccccc21. The van der Waals surface area contributed by atoms with E-state index in [4.69, 9.17) is 0 Å². The van der Waals surface area contributed by atoms with Crippen molar-refractivity contribution in [1.29, 1.82) is 0 Å². The largest absolute Gasteiger partial charge is 0.302 e. The maximum atomic E-state index is 3.51. The van der Waals surface area contributed by atoms with Crippen LogP contribution in [0.3, 0.4) is 0 Å². The van der Waals surface area contributed by atoms with Gasteiger partial charge in [-0.05, 0) is 24.1 Å². The van der Waals surface area contributed by atoms with Gasteiger partial charge >= 0.3 is 0 Å². The number of hydrogen-bond acceptors (Lipinski definition) is 1. The third-order valence-corrected chi connectivity index (χ3v) is 3.64. The molecule has 0 heterocycles. The van der Waals surface area contributed by atoms with E-state index in [0.717, 1.165) is 24.3 Å². The van der Waals surface area contributed by atoms with Crippen molar-refractivity contribution in [3.8, 4) is 0 Å². The number of fused-ring (bicyclic) bond motifs is 1. The molecule has 0 spiro atoms. The fourth-order valence-electron chi connectivity index (χ4n) is 2.34. The molecule has 1 aromatic rings. The number of alkyl halides is 1. The molecular weight excluding hydrogens is 250 g/mol. The van der Waals surface area contributed by atoms with Crippen molar-refractivity contribution < 1.29 is 0 Å². The summed E-state index contributed by atoms with van der Waals surface area (Å²) in [4.78, 5) is 2.52. The van der Waals surface area contributed by atoms with E-state index in [0.29, 0.717) is 0 Å². The average molecular weight is 268 g/mol. The van der Waals surface area contributed by atoms with Crippen LogP contribution in [0.15, 0.2) is 24.3 Å². The van der Waals surface area contributed by atoms with Gasteiger partial charge in [0.05, 0.1) is 0 Å². The second-order valence-corrected chi connectivity index (χ2v) is 4.98. The summed E-state index contributed by atoms with van der Waals surface area (Å²) in [6.07, 6.45) is 1.27. The molecule has 1 aliphatic carbocycles. The number of nitrogens with zero attached hydrogens (tertiary/aromatic N) is 1. The van der Waals surface area contributed by atoms with Gasteiger partial charge in [-0.25, -0.2) is 0 Å². The topological polar surface area (TPSA) is 3.24 Å². The van der Waals surface area contributed by atoms with Gasteiger partial charge in [-0.15, -0.1) is 0 Å². The van der Waals surface area contributed by atoms with Crippen LogP contribution in [0.5, 0.6) is 0 Å². The predicted octanol–water partition coefficient (Wildman–Crippen LogP) is 3.04. The van der Waals surface area contributed by atoms with Crippen LogP contribution in [-0.4, -0.2) is 29.9 Å². The van der Waals surface area contributed by atoms with Crippen LogP contribution in [-0.2, 0) is 6.42 Å². The first-order valence-electron chi connectivity index (χ1n) is 5.71. The van der Waals surface area contributed by atoms with Gasteiger partial charge in [0, 0.05) is 24.3 Å². The first kappa shape index (κ1) is 11.2. The fourth-order valence-corrected chi connectivity index (χ4v) is 2.84. The van der Waals surface area contributed by atoms with Crippen molar-refractivity contribution in [3.63, 3.8) is 0 Å². The quantitative estimate of drug-likeness (QED) is 0.742. The summed E-state index contributed by atoms with van der Waals surface area (Å²) in [5.74, 6) is 0.778. The Morgan fingerprint density at radius 1 is 1.40 bits per heavy atom. The summed E-state index contributed by atoms with van der Waals surface area (Å²) in [6.45, 7) is 5.78. The van der Waals surface area contributed by atoms with Crippen molar-refractivity contribution in [3.05, 3.63) is 35.4 Å². The van der Waals surface area contributed by atoms with Crippen molar-refractivity contribution in [2.45, 2.75) is 19.3 Å². The summed E-state index contributed by atoms with van der Waals surface area (Å²) >= 11 is 3.51. The highest BCUT2D eigenvalue weighted by Crippen LogP contribution is 2.35. The molecule has 0 saturated carbocycles. The maximum absolute atomic E-state index is 3.51. The molecule has 0 aliphatic heterocycles. The van der Waals surface area contributed by atoms with Crippen LogP contribution < -0.4 is 0 Å². The van der Waals surface area contributed by atoms with Gasteiger partial charge in [-0.3, -0.25) is 0 Å². The van der Waals surface area contributed by atoms with Crippen molar-refractivity contribution in [1.82, 2.24) is 4.90 Å². The molecule has 1 aromatic carbocycles.